The van der Waals surface area contributed by atoms with E-state index in [-0.39, 0.29) is 23.9 Å². The summed E-state index contributed by atoms with van der Waals surface area (Å²) in [6, 6.07) is 16.0. The highest BCUT2D eigenvalue weighted by atomic mass is 16.3. The van der Waals surface area contributed by atoms with Crippen LogP contribution in [0.5, 0.6) is 0 Å². The van der Waals surface area contributed by atoms with E-state index in [1.54, 1.807) is 6.26 Å². The highest BCUT2D eigenvalue weighted by Gasteiger charge is 2.51. The first-order valence-corrected chi connectivity index (χ1v) is 13.0. The van der Waals surface area contributed by atoms with E-state index in [1.165, 1.54) is 17.5 Å². The molecule has 2 aromatic heterocycles. The number of hydrogen-bond acceptors (Lipinski definition) is 3. The fraction of sp³-hybridized carbons (Fsp3) is 0.448. The molecule has 35 heavy (non-hydrogen) atoms. The quantitative estimate of drug-likeness (QED) is 0.547. The van der Waals surface area contributed by atoms with Gasteiger partial charge in [0.05, 0.1) is 24.5 Å². The summed E-state index contributed by atoms with van der Waals surface area (Å²) in [5.41, 5.74) is 2.89. The minimum Gasteiger partial charge on any atom is -0.463 e. The molecule has 182 valence electrons. The van der Waals surface area contributed by atoms with Gasteiger partial charge in [0.15, 0.2) is 0 Å². The fourth-order valence-corrected chi connectivity index (χ4v) is 6.45. The molecule has 2 atom stereocenters. The van der Waals surface area contributed by atoms with Crippen molar-refractivity contribution in [2.24, 2.45) is 0 Å². The summed E-state index contributed by atoms with van der Waals surface area (Å²) in [6.07, 6.45) is 10.1. The van der Waals surface area contributed by atoms with Crippen LogP contribution in [0.15, 0.2) is 59.2 Å². The molecule has 1 aromatic carbocycles. The Hall–Kier alpha value is -3.28. The van der Waals surface area contributed by atoms with Gasteiger partial charge >= 0.3 is 0 Å². The molecule has 6 nitrogen and oxygen atoms in total. The number of aryl methyl sites for hydroxylation is 1. The predicted octanol–water partition coefficient (Wildman–Crippen LogP) is 5.49. The zero-order chi connectivity index (χ0) is 24.0. The van der Waals surface area contributed by atoms with Gasteiger partial charge in [0.1, 0.15) is 17.0 Å². The molecule has 0 unspecified atom stereocenters. The minimum absolute atomic E-state index is 0.0504. The summed E-state index contributed by atoms with van der Waals surface area (Å²) in [6.45, 7) is 2.35. The van der Waals surface area contributed by atoms with Crippen molar-refractivity contribution in [3.05, 3.63) is 71.6 Å². The second-order valence-electron chi connectivity index (χ2n) is 10.5. The van der Waals surface area contributed by atoms with Crippen molar-refractivity contribution < 1.29 is 14.0 Å². The van der Waals surface area contributed by atoms with Crippen LogP contribution in [0.2, 0.25) is 0 Å². The molecule has 0 saturated heterocycles. The summed E-state index contributed by atoms with van der Waals surface area (Å²) < 4.78 is 7.65. The van der Waals surface area contributed by atoms with Gasteiger partial charge in [-0.15, -0.1) is 0 Å². The Balaban J connectivity index is 1.44. The maximum atomic E-state index is 14.2. The monoisotopic (exact) mass is 471 g/mol. The molecule has 3 aromatic rings. The summed E-state index contributed by atoms with van der Waals surface area (Å²) >= 11 is 0. The summed E-state index contributed by atoms with van der Waals surface area (Å²) in [5, 5.41) is 3.35. The van der Waals surface area contributed by atoms with Gasteiger partial charge in [-0.2, -0.15) is 0 Å². The van der Waals surface area contributed by atoms with Crippen LogP contribution in [0.25, 0.3) is 11.5 Å². The molecular weight excluding hydrogens is 438 g/mol. The van der Waals surface area contributed by atoms with Gasteiger partial charge in [-0.3, -0.25) is 9.59 Å². The van der Waals surface area contributed by atoms with Gasteiger partial charge < -0.3 is 19.2 Å². The van der Waals surface area contributed by atoms with Gasteiger partial charge in [0, 0.05) is 6.04 Å². The first-order valence-electron chi connectivity index (χ1n) is 13.0. The average Bonchev–Trinajstić information content (AvgIpc) is 3.55. The van der Waals surface area contributed by atoms with Crippen molar-refractivity contribution >= 4 is 11.8 Å². The topological polar surface area (TPSA) is 67.5 Å². The normalized spacial score (nSPS) is 24.7. The Kier molecular flexibility index (Phi) is 5.54. The lowest BCUT2D eigenvalue weighted by molar-refractivity contribution is -0.135. The standard InChI is InChI=1S/C29H33N3O3/c1-29(28(34)30-21-11-3-2-4-12-21)19-31-24(26-15-8-18-35-26)16-17-25(31)27(33)32(29)23-14-7-10-20-9-5-6-13-22(20)23/h5-6,8-9,13,15-18,21,23H,2-4,7,10-12,14,19H2,1H3,(H,30,34)/t23-,29+/m0/s1. The minimum atomic E-state index is -1.02. The van der Waals surface area contributed by atoms with E-state index in [1.807, 2.05) is 46.7 Å². The van der Waals surface area contributed by atoms with Crippen molar-refractivity contribution in [1.29, 1.82) is 0 Å². The Morgan fingerprint density at radius 2 is 1.77 bits per heavy atom. The zero-order valence-corrected chi connectivity index (χ0v) is 20.3. The Morgan fingerprint density at radius 1 is 0.971 bits per heavy atom. The summed E-state index contributed by atoms with van der Waals surface area (Å²) in [4.78, 5) is 30.2. The third kappa shape index (κ3) is 3.70. The van der Waals surface area contributed by atoms with Crippen molar-refractivity contribution in [1.82, 2.24) is 14.8 Å². The first kappa shape index (κ1) is 22.2. The molecule has 0 spiro atoms. The number of nitrogens with zero attached hydrogens (tertiary/aromatic N) is 2. The number of benzene rings is 1. The molecule has 6 rings (SSSR count). The maximum absolute atomic E-state index is 14.2. The predicted molar refractivity (Wildman–Crippen MR) is 134 cm³/mol. The number of fused-ring (bicyclic) bond motifs is 2. The van der Waals surface area contributed by atoms with Crippen molar-refractivity contribution in [2.45, 2.75) is 82.5 Å². The van der Waals surface area contributed by atoms with E-state index in [0.29, 0.717) is 18.0 Å². The van der Waals surface area contributed by atoms with Crippen LogP contribution in [-0.2, 0) is 17.8 Å². The molecule has 0 bridgehead atoms. The number of hydrogen-bond donors (Lipinski definition) is 1. The van der Waals surface area contributed by atoms with Crippen molar-refractivity contribution in [3.63, 3.8) is 0 Å². The van der Waals surface area contributed by atoms with E-state index in [0.717, 1.165) is 50.6 Å². The average molecular weight is 472 g/mol. The number of carbonyl (C=O) groups is 2. The van der Waals surface area contributed by atoms with E-state index < -0.39 is 5.54 Å². The molecule has 2 aliphatic carbocycles. The van der Waals surface area contributed by atoms with E-state index in [2.05, 4.69) is 23.5 Å². The van der Waals surface area contributed by atoms with Crippen LogP contribution in [0.4, 0.5) is 0 Å². The van der Waals surface area contributed by atoms with Crippen LogP contribution >= 0.6 is 0 Å². The Labute approximate surface area is 206 Å². The van der Waals surface area contributed by atoms with Gasteiger partial charge in [-0.25, -0.2) is 0 Å². The first-order chi connectivity index (χ1) is 17.1. The van der Waals surface area contributed by atoms with E-state index in [4.69, 9.17) is 4.42 Å². The second-order valence-corrected chi connectivity index (χ2v) is 10.5. The largest absolute Gasteiger partial charge is 0.463 e. The molecular formula is C29H33N3O3. The Bertz CT molecular complexity index is 1240. The number of nitrogens with one attached hydrogen (secondary N) is 1. The summed E-state index contributed by atoms with van der Waals surface area (Å²) in [7, 11) is 0. The molecule has 1 N–H and O–H groups in total. The van der Waals surface area contributed by atoms with Gasteiger partial charge in [-0.1, -0.05) is 43.5 Å². The van der Waals surface area contributed by atoms with Crippen LogP contribution in [0, 0.1) is 0 Å². The molecule has 1 saturated carbocycles. The molecule has 3 aliphatic rings. The van der Waals surface area contributed by atoms with Crippen LogP contribution < -0.4 is 5.32 Å². The van der Waals surface area contributed by atoms with Gasteiger partial charge in [-0.05, 0) is 74.4 Å². The number of aromatic nitrogens is 1. The number of carbonyl (C=O) groups excluding carboxylic acids is 2. The van der Waals surface area contributed by atoms with Crippen molar-refractivity contribution in [3.8, 4) is 11.5 Å². The number of amides is 2. The maximum Gasteiger partial charge on any atom is 0.271 e. The lowest BCUT2D eigenvalue weighted by Crippen LogP contribution is -2.65. The third-order valence-electron chi connectivity index (χ3n) is 8.27. The van der Waals surface area contributed by atoms with Gasteiger partial charge in [0.2, 0.25) is 5.91 Å². The Morgan fingerprint density at radius 3 is 2.57 bits per heavy atom. The number of rotatable bonds is 4. The molecule has 6 heteroatoms. The van der Waals surface area contributed by atoms with Gasteiger partial charge in [0.25, 0.3) is 5.91 Å². The lowest BCUT2D eigenvalue weighted by Gasteiger charge is -2.49. The molecule has 3 heterocycles. The van der Waals surface area contributed by atoms with Crippen LogP contribution in [-0.4, -0.2) is 32.9 Å². The van der Waals surface area contributed by atoms with Crippen LogP contribution in [0.1, 0.15) is 79.5 Å². The smallest absolute Gasteiger partial charge is 0.271 e. The highest BCUT2D eigenvalue weighted by molar-refractivity contribution is 6.01. The van der Waals surface area contributed by atoms with E-state index in [9.17, 15) is 9.59 Å². The lowest BCUT2D eigenvalue weighted by atomic mass is 9.82. The van der Waals surface area contributed by atoms with Crippen LogP contribution in [0.3, 0.4) is 0 Å². The summed E-state index contributed by atoms with van der Waals surface area (Å²) in [5.74, 6) is 0.568. The SMILES string of the molecule is C[C@]1(C(=O)NC2CCCCC2)Cn2c(ccc2-c2ccco2)C(=O)N1[C@H]1CCCc2ccccc21. The number of furan rings is 1. The molecule has 1 fully saturated rings. The van der Waals surface area contributed by atoms with E-state index >= 15 is 0 Å². The fourth-order valence-electron chi connectivity index (χ4n) is 6.45. The highest BCUT2D eigenvalue weighted by Crippen LogP contribution is 2.43. The molecule has 0 radical (unpaired) electrons. The zero-order valence-electron chi connectivity index (χ0n) is 20.3. The second kappa shape index (κ2) is 8.74. The molecule has 2 amide bonds. The van der Waals surface area contributed by atoms with Crippen molar-refractivity contribution in [2.75, 3.05) is 0 Å². The third-order valence-corrected chi connectivity index (χ3v) is 8.27. The molecule has 1 aliphatic heterocycles.